The fourth-order valence-corrected chi connectivity index (χ4v) is 3.46. The summed E-state index contributed by atoms with van der Waals surface area (Å²) in [5, 5.41) is 7.96. The number of hydrogen-bond acceptors (Lipinski definition) is 2. The molecule has 0 aliphatic carbocycles. The topological polar surface area (TPSA) is 41.1 Å². The quantitative estimate of drug-likeness (QED) is 0.515. The molecule has 0 aliphatic rings. The molecule has 0 saturated carbocycles. The van der Waals surface area contributed by atoms with Gasteiger partial charge in [-0.2, -0.15) is 0 Å². The van der Waals surface area contributed by atoms with Crippen LogP contribution in [0.25, 0.3) is 10.8 Å². The number of halogens is 1. The zero-order chi connectivity index (χ0) is 18.7. The number of thiocarbonyl (C=S) groups is 1. The molecule has 0 aliphatic heterocycles. The van der Waals surface area contributed by atoms with Crippen LogP contribution in [0, 0.1) is 0 Å². The Hall–Kier alpha value is -2.24. The first-order valence-corrected chi connectivity index (χ1v) is 9.55. The molecule has 0 unspecified atom stereocenters. The highest BCUT2D eigenvalue weighted by Gasteiger charge is 2.12. The lowest BCUT2D eigenvalue weighted by Gasteiger charge is -2.12. The van der Waals surface area contributed by atoms with Gasteiger partial charge in [0, 0.05) is 15.7 Å². The van der Waals surface area contributed by atoms with Crippen LogP contribution in [0.1, 0.15) is 35.7 Å². The molecular formula is C21H19BrN2OS. The normalized spacial score (nSPS) is 10.8. The summed E-state index contributed by atoms with van der Waals surface area (Å²) >= 11 is 8.81. The lowest BCUT2D eigenvalue weighted by Crippen LogP contribution is -2.34. The average molecular weight is 427 g/mol. The molecule has 0 spiro atoms. The highest BCUT2D eigenvalue weighted by Crippen LogP contribution is 2.26. The fraction of sp³-hybridized carbons (Fsp3) is 0.143. The Labute approximate surface area is 166 Å². The minimum atomic E-state index is -0.231. The van der Waals surface area contributed by atoms with Gasteiger partial charge in [-0.15, -0.1) is 0 Å². The largest absolute Gasteiger partial charge is 0.332 e. The summed E-state index contributed by atoms with van der Waals surface area (Å²) in [5.41, 5.74) is 2.69. The van der Waals surface area contributed by atoms with Crippen molar-refractivity contribution in [2.45, 2.75) is 19.8 Å². The third-order valence-electron chi connectivity index (χ3n) is 4.18. The highest BCUT2D eigenvalue weighted by atomic mass is 79.9. The summed E-state index contributed by atoms with van der Waals surface area (Å²) in [6.07, 6.45) is 0. The van der Waals surface area contributed by atoms with E-state index in [0.717, 1.165) is 20.9 Å². The van der Waals surface area contributed by atoms with Crippen LogP contribution in [0.4, 0.5) is 5.69 Å². The van der Waals surface area contributed by atoms with E-state index in [2.05, 4.69) is 52.5 Å². The molecule has 3 rings (SSSR count). The molecule has 0 atom stereocenters. The number of nitrogens with one attached hydrogen (secondary N) is 2. The van der Waals surface area contributed by atoms with Crippen molar-refractivity contribution in [1.29, 1.82) is 0 Å². The Kier molecular flexibility index (Phi) is 5.69. The lowest BCUT2D eigenvalue weighted by atomic mass is 10.0. The predicted molar refractivity (Wildman–Crippen MR) is 116 cm³/mol. The maximum Gasteiger partial charge on any atom is 0.258 e. The summed E-state index contributed by atoms with van der Waals surface area (Å²) in [4.78, 5) is 12.7. The van der Waals surface area contributed by atoms with Crippen LogP contribution in [0.2, 0.25) is 0 Å². The van der Waals surface area contributed by atoms with Crippen molar-refractivity contribution in [2.24, 2.45) is 0 Å². The molecule has 3 nitrogen and oxygen atoms in total. The zero-order valence-electron chi connectivity index (χ0n) is 14.5. The van der Waals surface area contributed by atoms with E-state index >= 15 is 0 Å². The number of amides is 1. The molecule has 0 aromatic heterocycles. The number of fused-ring (bicyclic) bond motifs is 1. The number of hydrogen-bond donors (Lipinski definition) is 2. The standard InChI is InChI=1S/C21H19BrN2OS/c1-13(2)14-9-11-15(12-10-14)23-21(26)24-20(25)18-7-3-6-17-16(18)5-4-8-19(17)22/h3-13H,1-2H3,(H2,23,24,25,26). The van der Waals surface area contributed by atoms with Crippen LogP contribution in [-0.2, 0) is 0 Å². The van der Waals surface area contributed by atoms with Gasteiger partial charge in [-0.05, 0) is 58.7 Å². The van der Waals surface area contributed by atoms with E-state index in [-0.39, 0.29) is 11.0 Å². The number of rotatable bonds is 3. The van der Waals surface area contributed by atoms with E-state index in [9.17, 15) is 4.79 Å². The van der Waals surface area contributed by atoms with E-state index < -0.39 is 0 Å². The van der Waals surface area contributed by atoms with Gasteiger partial charge in [0.1, 0.15) is 0 Å². The molecule has 0 radical (unpaired) electrons. The maximum atomic E-state index is 12.7. The Morgan fingerprint density at radius 1 is 0.962 bits per heavy atom. The van der Waals surface area contributed by atoms with Crippen molar-refractivity contribution in [3.63, 3.8) is 0 Å². The SMILES string of the molecule is CC(C)c1ccc(NC(=S)NC(=O)c2cccc3c(Br)cccc23)cc1. The minimum absolute atomic E-state index is 0.231. The molecule has 3 aromatic rings. The monoisotopic (exact) mass is 426 g/mol. The number of benzene rings is 3. The van der Waals surface area contributed by atoms with Crippen LogP contribution in [-0.4, -0.2) is 11.0 Å². The molecule has 2 N–H and O–H groups in total. The molecule has 0 fully saturated rings. The Morgan fingerprint density at radius 2 is 1.62 bits per heavy atom. The van der Waals surface area contributed by atoms with Crippen LogP contribution in [0.15, 0.2) is 65.1 Å². The van der Waals surface area contributed by atoms with Gasteiger partial charge in [0.2, 0.25) is 0 Å². The molecule has 0 bridgehead atoms. The molecule has 5 heteroatoms. The van der Waals surface area contributed by atoms with Crippen molar-refractivity contribution in [3.8, 4) is 0 Å². The van der Waals surface area contributed by atoms with Gasteiger partial charge < -0.3 is 5.32 Å². The number of carbonyl (C=O) groups is 1. The molecule has 3 aromatic carbocycles. The third-order valence-corrected chi connectivity index (χ3v) is 5.07. The minimum Gasteiger partial charge on any atom is -0.332 e. The van der Waals surface area contributed by atoms with Crippen LogP contribution in [0.5, 0.6) is 0 Å². The van der Waals surface area contributed by atoms with Gasteiger partial charge in [-0.1, -0.05) is 66.2 Å². The summed E-state index contributed by atoms with van der Waals surface area (Å²) in [7, 11) is 0. The second-order valence-electron chi connectivity index (χ2n) is 6.33. The second-order valence-corrected chi connectivity index (χ2v) is 7.59. The van der Waals surface area contributed by atoms with E-state index in [4.69, 9.17) is 12.2 Å². The number of anilines is 1. The van der Waals surface area contributed by atoms with Crippen molar-refractivity contribution < 1.29 is 4.79 Å². The molecule has 132 valence electrons. The van der Waals surface area contributed by atoms with Crippen molar-refractivity contribution in [1.82, 2.24) is 5.32 Å². The fourth-order valence-electron chi connectivity index (χ4n) is 2.75. The number of carbonyl (C=O) groups excluding carboxylic acids is 1. The summed E-state index contributed by atoms with van der Waals surface area (Å²) in [5.74, 6) is 0.242. The Bertz CT molecular complexity index is 967. The van der Waals surface area contributed by atoms with Gasteiger partial charge in [-0.25, -0.2) is 0 Å². The first kappa shape index (κ1) is 18.5. The van der Waals surface area contributed by atoms with Crippen molar-refractivity contribution >= 4 is 55.6 Å². The van der Waals surface area contributed by atoms with Gasteiger partial charge in [0.15, 0.2) is 5.11 Å². The predicted octanol–water partition coefficient (Wildman–Crippen LogP) is 5.85. The first-order chi connectivity index (χ1) is 12.5. The van der Waals surface area contributed by atoms with Gasteiger partial charge in [0.25, 0.3) is 5.91 Å². The van der Waals surface area contributed by atoms with Crippen molar-refractivity contribution in [3.05, 3.63) is 76.3 Å². The van der Waals surface area contributed by atoms with Crippen LogP contribution in [0.3, 0.4) is 0 Å². The second kappa shape index (κ2) is 7.98. The highest BCUT2D eigenvalue weighted by molar-refractivity contribution is 9.10. The summed E-state index contributed by atoms with van der Waals surface area (Å²) in [6, 6.07) is 19.5. The van der Waals surface area contributed by atoms with Crippen LogP contribution < -0.4 is 10.6 Å². The van der Waals surface area contributed by atoms with Gasteiger partial charge in [-0.3, -0.25) is 10.1 Å². The molecular weight excluding hydrogens is 408 g/mol. The molecule has 0 heterocycles. The smallest absolute Gasteiger partial charge is 0.258 e. The molecule has 26 heavy (non-hydrogen) atoms. The average Bonchev–Trinajstić information content (AvgIpc) is 2.62. The van der Waals surface area contributed by atoms with Crippen LogP contribution >= 0.6 is 28.1 Å². The Morgan fingerprint density at radius 3 is 2.31 bits per heavy atom. The zero-order valence-corrected chi connectivity index (χ0v) is 16.9. The first-order valence-electron chi connectivity index (χ1n) is 8.35. The van der Waals surface area contributed by atoms with Gasteiger partial charge in [0.05, 0.1) is 0 Å². The Balaban J connectivity index is 1.74. The summed E-state index contributed by atoms with van der Waals surface area (Å²) < 4.78 is 0.954. The lowest BCUT2D eigenvalue weighted by molar-refractivity contribution is 0.0979. The molecule has 1 amide bonds. The maximum absolute atomic E-state index is 12.7. The van der Waals surface area contributed by atoms with E-state index in [0.29, 0.717) is 11.5 Å². The van der Waals surface area contributed by atoms with E-state index in [1.165, 1.54) is 5.56 Å². The third kappa shape index (κ3) is 4.11. The molecule has 0 saturated heterocycles. The van der Waals surface area contributed by atoms with E-state index in [1.807, 2.05) is 42.5 Å². The van der Waals surface area contributed by atoms with Gasteiger partial charge >= 0.3 is 0 Å². The van der Waals surface area contributed by atoms with Crippen molar-refractivity contribution in [2.75, 3.05) is 5.32 Å². The summed E-state index contributed by atoms with van der Waals surface area (Å²) in [6.45, 7) is 4.30. The van der Waals surface area contributed by atoms with E-state index in [1.54, 1.807) is 6.07 Å².